The van der Waals surface area contributed by atoms with Gasteiger partial charge in [0.25, 0.3) is 0 Å². The van der Waals surface area contributed by atoms with Gasteiger partial charge in [-0.1, -0.05) is 55.5 Å². The summed E-state index contributed by atoms with van der Waals surface area (Å²) in [6.07, 6.45) is 1.92. The third kappa shape index (κ3) is 3.75. The van der Waals surface area contributed by atoms with E-state index in [-0.39, 0.29) is 11.9 Å². The first-order valence-corrected chi connectivity index (χ1v) is 10.8. The van der Waals surface area contributed by atoms with E-state index in [0.717, 1.165) is 30.6 Å². The smallest absolute Gasteiger partial charge is 0.238 e. The van der Waals surface area contributed by atoms with E-state index >= 15 is 0 Å². The van der Waals surface area contributed by atoms with Crippen LogP contribution in [0.25, 0.3) is 0 Å². The number of hydrogen-bond donors (Lipinski definition) is 1. The third-order valence-electron chi connectivity index (χ3n) is 5.53. The zero-order chi connectivity index (χ0) is 19.5. The van der Waals surface area contributed by atoms with Gasteiger partial charge in [-0.3, -0.25) is 9.69 Å². The fourth-order valence-corrected chi connectivity index (χ4v) is 5.03. The van der Waals surface area contributed by atoms with Crippen molar-refractivity contribution in [1.82, 2.24) is 4.90 Å². The number of thiophene rings is 1. The standard InChI is InChI=1S/C24H26N2OS/c1-3-18-11-7-8-17(2)23(18)25-22(27)16-26-14-12-21-20(13-15-28-21)24(26)19-9-5-4-6-10-19/h4-11,13,15,24H,3,12,14,16H2,1-2H3,(H,25,27). The van der Waals surface area contributed by atoms with Gasteiger partial charge in [0.2, 0.25) is 5.91 Å². The molecule has 28 heavy (non-hydrogen) atoms. The van der Waals surface area contributed by atoms with Gasteiger partial charge < -0.3 is 5.32 Å². The van der Waals surface area contributed by atoms with Gasteiger partial charge in [0, 0.05) is 17.1 Å². The quantitative estimate of drug-likeness (QED) is 0.649. The molecule has 0 saturated heterocycles. The summed E-state index contributed by atoms with van der Waals surface area (Å²) in [4.78, 5) is 16.7. The minimum atomic E-state index is 0.0589. The normalized spacial score (nSPS) is 16.6. The summed E-state index contributed by atoms with van der Waals surface area (Å²) in [6.45, 7) is 5.47. The second kappa shape index (κ2) is 8.29. The molecule has 1 atom stereocenters. The highest BCUT2D eigenvalue weighted by atomic mass is 32.1. The van der Waals surface area contributed by atoms with Crippen molar-refractivity contribution in [2.75, 3.05) is 18.4 Å². The Morgan fingerprint density at radius 1 is 1.14 bits per heavy atom. The number of nitrogens with one attached hydrogen (secondary N) is 1. The van der Waals surface area contributed by atoms with E-state index in [0.29, 0.717) is 6.54 Å². The molecular formula is C24H26N2OS. The molecule has 144 valence electrons. The summed E-state index contributed by atoms with van der Waals surface area (Å²) in [6, 6.07) is 19.1. The maximum atomic E-state index is 13.0. The highest BCUT2D eigenvalue weighted by Gasteiger charge is 2.30. The highest BCUT2D eigenvalue weighted by Crippen LogP contribution is 2.37. The molecule has 1 unspecified atom stereocenters. The average molecular weight is 391 g/mol. The number of para-hydroxylation sites is 1. The molecule has 1 N–H and O–H groups in total. The molecule has 2 aromatic carbocycles. The summed E-state index contributed by atoms with van der Waals surface area (Å²) >= 11 is 1.83. The number of carbonyl (C=O) groups excluding carboxylic acids is 1. The number of hydrogen-bond acceptors (Lipinski definition) is 3. The van der Waals surface area contributed by atoms with E-state index in [1.165, 1.54) is 21.6 Å². The van der Waals surface area contributed by atoms with Crippen LogP contribution in [0.2, 0.25) is 0 Å². The molecule has 1 aliphatic rings. The molecule has 2 heterocycles. The van der Waals surface area contributed by atoms with E-state index in [9.17, 15) is 4.79 Å². The van der Waals surface area contributed by atoms with Crippen molar-refractivity contribution in [3.63, 3.8) is 0 Å². The van der Waals surface area contributed by atoms with E-state index in [2.05, 4.69) is 78.0 Å². The summed E-state index contributed by atoms with van der Waals surface area (Å²) in [5.74, 6) is 0.0589. The largest absolute Gasteiger partial charge is 0.324 e. The number of rotatable bonds is 5. The molecule has 0 radical (unpaired) electrons. The van der Waals surface area contributed by atoms with Crippen LogP contribution in [-0.4, -0.2) is 23.9 Å². The van der Waals surface area contributed by atoms with Crippen molar-refractivity contribution >= 4 is 22.9 Å². The molecule has 0 bridgehead atoms. The van der Waals surface area contributed by atoms with E-state index in [4.69, 9.17) is 0 Å². The van der Waals surface area contributed by atoms with Crippen molar-refractivity contribution in [2.45, 2.75) is 32.7 Å². The summed E-state index contributed by atoms with van der Waals surface area (Å²) in [7, 11) is 0. The lowest BCUT2D eigenvalue weighted by atomic mass is 9.93. The monoisotopic (exact) mass is 390 g/mol. The van der Waals surface area contributed by atoms with Gasteiger partial charge in [0.05, 0.1) is 12.6 Å². The first kappa shape index (κ1) is 18.9. The SMILES string of the molecule is CCc1cccc(C)c1NC(=O)CN1CCc2sccc2C1c1ccccc1. The average Bonchev–Trinajstić information content (AvgIpc) is 3.18. The topological polar surface area (TPSA) is 32.3 Å². The lowest BCUT2D eigenvalue weighted by Gasteiger charge is -2.35. The second-order valence-corrected chi connectivity index (χ2v) is 8.34. The summed E-state index contributed by atoms with van der Waals surface area (Å²) in [5, 5.41) is 5.36. The fraction of sp³-hybridized carbons (Fsp3) is 0.292. The van der Waals surface area contributed by atoms with Gasteiger partial charge in [-0.15, -0.1) is 11.3 Å². The minimum absolute atomic E-state index is 0.0589. The lowest BCUT2D eigenvalue weighted by molar-refractivity contribution is -0.117. The minimum Gasteiger partial charge on any atom is -0.324 e. The van der Waals surface area contributed by atoms with Crippen LogP contribution in [0.5, 0.6) is 0 Å². The molecule has 1 aliphatic heterocycles. The zero-order valence-electron chi connectivity index (χ0n) is 16.4. The summed E-state index contributed by atoms with van der Waals surface area (Å²) < 4.78 is 0. The fourth-order valence-electron chi connectivity index (χ4n) is 4.13. The van der Waals surface area contributed by atoms with E-state index in [1.54, 1.807) is 0 Å². The predicted octanol–water partition coefficient (Wildman–Crippen LogP) is 5.21. The van der Waals surface area contributed by atoms with Crippen LogP contribution in [0.15, 0.2) is 60.0 Å². The Morgan fingerprint density at radius 3 is 2.75 bits per heavy atom. The molecule has 0 spiro atoms. The van der Waals surface area contributed by atoms with Crippen LogP contribution in [0.1, 0.15) is 40.1 Å². The highest BCUT2D eigenvalue weighted by molar-refractivity contribution is 7.10. The van der Waals surface area contributed by atoms with Crippen LogP contribution in [-0.2, 0) is 17.6 Å². The number of carbonyl (C=O) groups is 1. The Bertz CT molecular complexity index is 964. The van der Waals surface area contributed by atoms with Crippen molar-refractivity contribution in [3.05, 3.63) is 87.1 Å². The van der Waals surface area contributed by atoms with E-state index in [1.807, 2.05) is 17.4 Å². The van der Waals surface area contributed by atoms with Crippen LogP contribution in [0.4, 0.5) is 5.69 Å². The van der Waals surface area contributed by atoms with Gasteiger partial charge in [0.15, 0.2) is 0 Å². The second-order valence-electron chi connectivity index (χ2n) is 7.34. The number of amides is 1. The number of anilines is 1. The van der Waals surface area contributed by atoms with Gasteiger partial charge in [-0.05, 0) is 53.5 Å². The Morgan fingerprint density at radius 2 is 1.96 bits per heavy atom. The zero-order valence-corrected chi connectivity index (χ0v) is 17.3. The van der Waals surface area contributed by atoms with Gasteiger partial charge in [-0.25, -0.2) is 0 Å². The Labute approximate surface area is 171 Å². The summed E-state index contributed by atoms with van der Waals surface area (Å²) in [5.41, 5.74) is 5.87. The van der Waals surface area contributed by atoms with Crippen LogP contribution in [0.3, 0.4) is 0 Å². The molecule has 1 amide bonds. The third-order valence-corrected chi connectivity index (χ3v) is 6.53. The maximum Gasteiger partial charge on any atom is 0.238 e. The molecule has 4 heteroatoms. The van der Waals surface area contributed by atoms with E-state index < -0.39 is 0 Å². The lowest BCUT2D eigenvalue weighted by Crippen LogP contribution is -2.40. The molecule has 3 aromatic rings. The van der Waals surface area contributed by atoms with Gasteiger partial charge in [0.1, 0.15) is 0 Å². The Kier molecular flexibility index (Phi) is 5.60. The molecule has 1 aromatic heterocycles. The number of benzene rings is 2. The first-order chi connectivity index (χ1) is 13.7. The van der Waals surface area contributed by atoms with Crippen molar-refractivity contribution < 1.29 is 4.79 Å². The van der Waals surface area contributed by atoms with Crippen LogP contribution >= 0.6 is 11.3 Å². The molecular weight excluding hydrogens is 364 g/mol. The number of aryl methyl sites for hydroxylation is 2. The van der Waals surface area contributed by atoms with Crippen molar-refractivity contribution in [2.24, 2.45) is 0 Å². The first-order valence-electron chi connectivity index (χ1n) is 9.91. The Balaban J connectivity index is 1.58. The Hall–Kier alpha value is -2.43. The van der Waals surface area contributed by atoms with Gasteiger partial charge in [-0.2, -0.15) is 0 Å². The van der Waals surface area contributed by atoms with Crippen molar-refractivity contribution in [3.8, 4) is 0 Å². The molecule has 0 fully saturated rings. The predicted molar refractivity (Wildman–Crippen MR) is 117 cm³/mol. The van der Waals surface area contributed by atoms with Crippen LogP contribution in [0, 0.1) is 6.92 Å². The molecule has 3 nitrogen and oxygen atoms in total. The van der Waals surface area contributed by atoms with Gasteiger partial charge >= 0.3 is 0 Å². The number of fused-ring (bicyclic) bond motifs is 1. The molecule has 0 aliphatic carbocycles. The van der Waals surface area contributed by atoms with Crippen molar-refractivity contribution in [1.29, 1.82) is 0 Å². The maximum absolute atomic E-state index is 13.0. The molecule has 4 rings (SSSR count). The number of nitrogens with zero attached hydrogens (tertiary/aromatic N) is 1. The molecule has 0 saturated carbocycles. The van der Waals surface area contributed by atoms with Crippen LogP contribution < -0.4 is 5.32 Å².